The van der Waals surface area contributed by atoms with Crippen LogP contribution in [-0.4, -0.2) is 59.9 Å². The number of carbonyl (C=O) groups excluding carboxylic acids is 2. The van der Waals surface area contributed by atoms with Crippen molar-refractivity contribution in [2.75, 3.05) is 36.4 Å². The summed E-state index contributed by atoms with van der Waals surface area (Å²) >= 11 is 0. The molecular formula is C23H28N6O2. The van der Waals surface area contributed by atoms with Crippen LogP contribution in [-0.2, 0) is 9.59 Å². The molecule has 4 rings (SSSR count). The van der Waals surface area contributed by atoms with Crippen molar-refractivity contribution in [3.05, 3.63) is 54.2 Å². The van der Waals surface area contributed by atoms with Gasteiger partial charge in [0.05, 0.1) is 6.42 Å². The van der Waals surface area contributed by atoms with E-state index in [1.54, 1.807) is 6.20 Å². The number of piperazine rings is 1. The number of nitrogens with zero attached hydrogens (tertiary/aromatic N) is 4. The number of guanidine groups is 1. The van der Waals surface area contributed by atoms with Gasteiger partial charge < -0.3 is 15.1 Å². The van der Waals surface area contributed by atoms with Gasteiger partial charge in [0.25, 0.3) is 0 Å². The number of aliphatic imine (C=N–C) groups is 1. The van der Waals surface area contributed by atoms with Crippen molar-refractivity contribution >= 4 is 29.3 Å². The summed E-state index contributed by atoms with van der Waals surface area (Å²) in [5, 5.41) is 5.72. The van der Waals surface area contributed by atoms with Crippen LogP contribution >= 0.6 is 0 Å². The van der Waals surface area contributed by atoms with Gasteiger partial charge in [-0.2, -0.15) is 0 Å². The van der Waals surface area contributed by atoms with Crippen LogP contribution in [0.4, 0.5) is 11.5 Å². The lowest BCUT2D eigenvalue weighted by molar-refractivity contribution is -0.125. The summed E-state index contributed by atoms with van der Waals surface area (Å²) < 4.78 is 0. The van der Waals surface area contributed by atoms with Crippen LogP contribution < -0.4 is 15.5 Å². The van der Waals surface area contributed by atoms with E-state index >= 15 is 0 Å². The zero-order valence-corrected chi connectivity index (χ0v) is 17.9. The Morgan fingerprint density at radius 1 is 1.06 bits per heavy atom. The predicted octanol–water partition coefficient (Wildman–Crippen LogP) is 2.21. The molecular weight excluding hydrogens is 392 g/mol. The summed E-state index contributed by atoms with van der Waals surface area (Å²) in [6, 6.07) is 12.9. The summed E-state index contributed by atoms with van der Waals surface area (Å²) in [6.45, 7) is 7.18. The number of hydrogen-bond donors (Lipinski definition) is 2. The SMILES string of the molecule is CC(C)c1ccc(NC(=O)[C@@H]2CC(=O)NC(N3CCN(c4ccccn4)CC3)=N2)cc1. The smallest absolute Gasteiger partial charge is 0.249 e. The molecule has 31 heavy (non-hydrogen) atoms. The fourth-order valence-electron chi connectivity index (χ4n) is 3.75. The number of rotatable bonds is 4. The minimum Gasteiger partial charge on any atom is -0.353 e. The molecule has 1 aromatic heterocycles. The summed E-state index contributed by atoms with van der Waals surface area (Å²) in [5.74, 6) is 1.39. The van der Waals surface area contributed by atoms with Crippen molar-refractivity contribution in [2.24, 2.45) is 4.99 Å². The van der Waals surface area contributed by atoms with Crippen LogP contribution in [0, 0.1) is 0 Å². The molecule has 1 aromatic carbocycles. The minimum absolute atomic E-state index is 0.0489. The normalized spacial score (nSPS) is 19.1. The van der Waals surface area contributed by atoms with Crippen molar-refractivity contribution < 1.29 is 9.59 Å². The molecule has 1 saturated heterocycles. The molecule has 0 unspecified atom stereocenters. The van der Waals surface area contributed by atoms with Crippen LogP contribution in [0.15, 0.2) is 53.7 Å². The molecule has 0 radical (unpaired) electrons. The first kappa shape index (κ1) is 20.8. The molecule has 1 atom stereocenters. The molecule has 0 aliphatic carbocycles. The van der Waals surface area contributed by atoms with Gasteiger partial charge in [-0.05, 0) is 35.7 Å². The fraction of sp³-hybridized carbons (Fsp3) is 0.391. The Bertz CT molecular complexity index is 950. The summed E-state index contributed by atoms with van der Waals surface area (Å²) in [5.41, 5.74) is 1.92. The lowest BCUT2D eigenvalue weighted by Gasteiger charge is -2.38. The van der Waals surface area contributed by atoms with E-state index in [2.05, 4.69) is 39.4 Å². The Kier molecular flexibility index (Phi) is 6.16. The predicted molar refractivity (Wildman–Crippen MR) is 121 cm³/mol. The maximum atomic E-state index is 12.8. The Labute approximate surface area is 182 Å². The van der Waals surface area contributed by atoms with E-state index in [9.17, 15) is 9.59 Å². The van der Waals surface area contributed by atoms with E-state index in [0.29, 0.717) is 30.7 Å². The Morgan fingerprint density at radius 2 is 1.77 bits per heavy atom. The van der Waals surface area contributed by atoms with E-state index < -0.39 is 6.04 Å². The minimum atomic E-state index is -0.734. The maximum Gasteiger partial charge on any atom is 0.249 e. The molecule has 0 spiro atoms. The fourth-order valence-corrected chi connectivity index (χ4v) is 3.75. The standard InChI is InChI=1S/C23H28N6O2/c1-16(2)17-6-8-18(9-7-17)25-22(31)19-15-21(30)27-23(26-19)29-13-11-28(12-14-29)20-5-3-4-10-24-20/h3-10,16,19H,11-15H2,1-2H3,(H,25,31)(H,26,27,30)/t19-/m0/s1. The summed E-state index contributed by atoms with van der Waals surface area (Å²) in [4.78, 5) is 38.2. The first-order valence-corrected chi connectivity index (χ1v) is 10.7. The van der Waals surface area contributed by atoms with E-state index in [0.717, 1.165) is 18.9 Å². The number of pyridine rings is 1. The monoisotopic (exact) mass is 420 g/mol. The first-order chi connectivity index (χ1) is 15.0. The molecule has 2 aliphatic rings. The van der Waals surface area contributed by atoms with Crippen LogP contribution in [0.3, 0.4) is 0 Å². The van der Waals surface area contributed by atoms with Crippen LogP contribution in [0.5, 0.6) is 0 Å². The van der Waals surface area contributed by atoms with Gasteiger partial charge in [0, 0.05) is 38.1 Å². The molecule has 8 heteroatoms. The highest BCUT2D eigenvalue weighted by Crippen LogP contribution is 2.19. The second-order valence-electron chi connectivity index (χ2n) is 8.15. The zero-order valence-electron chi connectivity index (χ0n) is 17.9. The average Bonchev–Trinajstić information content (AvgIpc) is 2.79. The third-order valence-electron chi connectivity index (χ3n) is 5.61. The van der Waals surface area contributed by atoms with Crippen molar-refractivity contribution in [2.45, 2.75) is 32.2 Å². The third-order valence-corrected chi connectivity index (χ3v) is 5.61. The van der Waals surface area contributed by atoms with Gasteiger partial charge in [0.15, 0.2) is 0 Å². The molecule has 1 fully saturated rings. The molecule has 2 N–H and O–H groups in total. The van der Waals surface area contributed by atoms with Gasteiger partial charge in [-0.3, -0.25) is 14.9 Å². The topological polar surface area (TPSA) is 89.9 Å². The maximum absolute atomic E-state index is 12.8. The lowest BCUT2D eigenvalue weighted by atomic mass is 10.0. The van der Waals surface area contributed by atoms with E-state index in [1.165, 1.54) is 5.56 Å². The van der Waals surface area contributed by atoms with Gasteiger partial charge in [-0.15, -0.1) is 0 Å². The van der Waals surface area contributed by atoms with Crippen LogP contribution in [0.1, 0.15) is 31.7 Å². The number of benzene rings is 1. The van der Waals surface area contributed by atoms with Crippen molar-refractivity contribution in [1.82, 2.24) is 15.2 Å². The van der Waals surface area contributed by atoms with Crippen LogP contribution in [0.2, 0.25) is 0 Å². The van der Waals surface area contributed by atoms with E-state index in [-0.39, 0.29) is 18.2 Å². The van der Waals surface area contributed by atoms with Crippen molar-refractivity contribution in [3.63, 3.8) is 0 Å². The second-order valence-corrected chi connectivity index (χ2v) is 8.15. The zero-order chi connectivity index (χ0) is 21.8. The van der Waals surface area contributed by atoms with Gasteiger partial charge >= 0.3 is 0 Å². The van der Waals surface area contributed by atoms with Crippen molar-refractivity contribution in [3.8, 4) is 0 Å². The molecule has 2 aliphatic heterocycles. The Morgan fingerprint density at radius 3 is 2.42 bits per heavy atom. The van der Waals surface area contributed by atoms with E-state index in [4.69, 9.17) is 0 Å². The lowest BCUT2D eigenvalue weighted by Crippen LogP contribution is -2.56. The highest BCUT2D eigenvalue weighted by atomic mass is 16.2. The number of anilines is 2. The molecule has 0 saturated carbocycles. The largest absolute Gasteiger partial charge is 0.353 e. The highest BCUT2D eigenvalue weighted by molar-refractivity contribution is 6.06. The molecule has 2 aromatic rings. The average molecular weight is 421 g/mol. The quantitative estimate of drug-likeness (QED) is 0.792. The number of nitrogens with one attached hydrogen (secondary N) is 2. The molecule has 0 bridgehead atoms. The van der Waals surface area contributed by atoms with Gasteiger partial charge in [0.2, 0.25) is 17.8 Å². The van der Waals surface area contributed by atoms with Crippen molar-refractivity contribution in [1.29, 1.82) is 0 Å². The Balaban J connectivity index is 1.39. The highest BCUT2D eigenvalue weighted by Gasteiger charge is 2.30. The number of amides is 2. The molecule has 8 nitrogen and oxygen atoms in total. The Hall–Kier alpha value is -3.42. The summed E-state index contributed by atoms with van der Waals surface area (Å²) in [7, 11) is 0. The first-order valence-electron chi connectivity index (χ1n) is 10.7. The van der Waals surface area contributed by atoms with Gasteiger partial charge in [-0.1, -0.05) is 32.0 Å². The molecule has 3 heterocycles. The second kappa shape index (κ2) is 9.16. The van der Waals surface area contributed by atoms with Gasteiger partial charge in [0.1, 0.15) is 11.9 Å². The van der Waals surface area contributed by atoms with Gasteiger partial charge in [-0.25, -0.2) is 9.98 Å². The number of carbonyl (C=O) groups is 2. The third kappa shape index (κ3) is 5.02. The number of hydrogen-bond acceptors (Lipinski definition) is 6. The van der Waals surface area contributed by atoms with E-state index in [1.807, 2.05) is 47.4 Å². The molecule has 2 amide bonds. The summed E-state index contributed by atoms with van der Waals surface area (Å²) in [6.07, 6.45) is 1.83. The number of aromatic nitrogens is 1. The molecule has 162 valence electrons. The van der Waals surface area contributed by atoms with Crippen LogP contribution in [0.25, 0.3) is 0 Å².